The molecule has 1 aromatic rings. The highest BCUT2D eigenvalue weighted by Crippen LogP contribution is 2.26. The minimum Gasteiger partial charge on any atom is -0.370 e. The van der Waals surface area contributed by atoms with Gasteiger partial charge in [-0.25, -0.2) is 4.98 Å². The van der Waals surface area contributed by atoms with E-state index in [1.807, 2.05) is 12.1 Å². The van der Waals surface area contributed by atoms with Gasteiger partial charge in [-0.1, -0.05) is 25.4 Å². The van der Waals surface area contributed by atoms with Gasteiger partial charge in [0, 0.05) is 19.1 Å². The molecule has 4 heteroatoms. The number of aromatic nitrogens is 1. The zero-order valence-corrected chi connectivity index (χ0v) is 13.6. The van der Waals surface area contributed by atoms with Gasteiger partial charge in [0.05, 0.1) is 10.7 Å². The molecule has 1 N–H and O–H groups in total. The quantitative estimate of drug-likeness (QED) is 0.883. The molecule has 0 amide bonds. The van der Waals surface area contributed by atoms with Crippen LogP contribution in [-0.4, -0.2) is 29.0 Å². The Labute approximate surface area is 127 Å². The van der Waals surface area contributed by atoms with E-state index >= 15 is 0 Å². The summed E-state index contributed by atoms with van der Waals surface area (Å²) in [6.07, 6.45) is 3.70. The summed E-state index contributed by atoms with van der Waals surface area (Å²) in [6.45, 7) is 9.76. The van der Waals surface area contributed by atoms with E-state index in [1.54, 1.807) is 0 Å². The molecule has 2 unspecified atom stereocenters. The molecule has 20 heavy (non-hydrogen) atoms. The van der Waals surface area contributed by atoms with Gasteiger partial charge in [0.15, 0.2) is 0 Å². The Hall–Kier alpha value is -0.800. The van der Waals surface area contributed by atoms with E-state index in [9.17, 15) is 0 Å². The second kappa shape index (κ2) is 7.28. The van der Waals surface area contributed by atoms with E-state index in [0.29, 0.717) is 6.04 Å². The van der Waals surface area contributed by atoms with Crippen molar-refractivity contribution in [2.45, 2.75) is 52.6 Å². The lowest BCUT2D eigenvalue weighted by molar-refractivity contribution is 0.105. The third kappa shape index (κ3) is 3.86. The van der Waals surface area contributed by atoms with Gasteiger partial charge in [-0.3, -0.25) is 4.90 Å². The predicted octanol–water partition coefficient (Wildman–Crippen LogP) is 4.18. The molecule has 2 atom stereocenters. The normalized spacial score (nSPS) is 23.8. The van der Waals surface area contributed by atoms with Crippen molar-refractivity contribution in [3.8, 4) is 0 Å². The van der Waals surface area contributed by atoms with Crippen LogP contribution in [0.15, 0.2) is 12.1 Å². The van der Waals surface area contributed by atoms with E-state index in [-0.39, 0.29) is 0 Å². The lowest BCUT2D eigenvalue weighted by atomic mass is 9.92. The van der Waals surface area contributed by atoms with Crippen LogP contribution in [-0.2, 0) is 6.54 Å². The number of piperidine rings is 1. The summed E-state index contributed by atoms with van der Waals surface area (Å²) in [5.74, 6) is 1.69. The molecule has 0 radical (unpaired) electrons. The lowest BCUT2D eigenvalue weighted by Gasteiger charge is -2.37. The van der Waals surface area contributed by atoms with Crippen LogP contribution in [0.25, 0.3) is 0 Å². The SMILES string of the molecule is CCCNc1ccc(Cl)c(CN2CCCC(C)C2C)n1. The molecular formula is C16H26ClN3. The Balaban J connectivity index is 2.07. The van der Waals surface area contributed by atoms with Crippen LogP contribution in [0.4, 0.5) is 5.82 Å². The maximum atomic E-state index is 6.32. The van der Waals surface area contributed by atoms with E-state index in [4.69, 9.17) is 11.6 Å². The molecule has 1 aliphatic heterocycles. The van der Waals surface area contributed by atoms with Crippen molar-refractivity contribution < 1.29 is 0 Å². The van der Waals surface area contributed by atoms with Gasteiger partial charge >= 0.3 is 0 Å². The molecule has 0 aromatic carbocycles. The van der Waals surface area contributed by atoms with E-state index in [0.717, 1.165) is 48.5 Å². The summed E-state index contributed by atoms with van der Waals surface area (Å²) in [6, 6.07) is 4.53. The molecule has 2 heterocycles. The highest BCUT2D eigenvalue weighted by molar-refractivity contribution is 6.31. The molecule has 0 aliphatic carbocycles. The monoisotopic (exact) mass is 295 g/mol. The number of hydrogen-bond acceptors (Lipinski definition) is 3. The van der Waals surface area contributed by atoms with Crippen molar-refractivity contribution in [2.75, 3.05) is 18.4 Å². The van der Waals surface area contributed by atoms with Crippen LogP contribution in [0.1, 0.15) is 45.7 Å². The molecule has 1 saturated heterocycles. The largest absolute Gasteiger partial charge is 0.370 e. The van der Waals surface area contributed by atoms with E-state index in [2.05, 4.69) is 36.0 Å². The first-order valence-corrected chi connectivity index (χ1v) is 8.13. The summed E-state index contributed by atoms with van der Waals surface area (Å²) in [5.41, 5.74) is 0.994. The van der Waals surface area contributed by atoms with Crippen LogP contribution in [0.5, 0.6) is 0 Å². The number of likely N-dealkylation sites (tertiary alicyclic amines) is 1. The fourth-order valence-corrected chi connectivity index (χ4v) is 2.95. The van der Waals surface area contributed by atoms with Crippen molar-refractivity contribution >= 4 is 17.4 Å². The summed E-state index contributed by atoms with van der Waals surface area (Å²) >= 11 is 6.32. The first-order chi connectivity index (χ1) is 9.61. The number of nitrogens with one attached hydrogen (secondary N) is 1. The number of hydrogen-bond donors (Lipinski definition) is 1. The zero-order chi connectivity index (χ0) is 14.5. The number of rotatable bonds is 5. The number of anilines is 1. The van der Waals surface area contributed by atoms with Crippen LogP contribution in [0.2, 0.25) is 5.02 Å². The summed E-state index contributed by atoms with van der Waals surface area (Å²) < 4.78 is 0. The van der Waals surface area contributed by atoms with Crippen LogP contribution < -0.4 is 5.32 Å². The molecule has 0 saturated carbocycles. The van der Waals surface area contributed by atoms with Crippen molar-refractivity contribution in [1.82, 2.24) is 9.88 Å². The molecule has 0 spiro atoms. The average molecular weight is 296 g/mol. The summed E-state index contributed by atoms with van der Waals surface area (Å²) in [5, 5.41) is 4.11. The standard InChI is InChI=1S/C16H26ClN3/c1-4-9-18-16-8-7-14(17)15(19-16)11-20-10-5-6-12(2)13(20)3/h7-8,12-13H,4-6,9-11H2,1-3H3,(H,18,19). The minimum atomic E-state index is 0.605. The van der Waals surface area contributed by atoms with Crippen LogP contribution in [0.3, 0.4) is 0 Å². The third-order valence-electron chi connectivity index (χ3n) is 4.33. The first-order valence-electron chi connectivity index (χ1n) is 7.75. The molecule has 3 nitrogen and oxygen atoms in total. The average Bonchev–Trinajstić information content (AvgIpc) is 2.44. The smallest absolute Gasteiger partial charge is 0.126 e. The topological polar surface area (TPSA) is 28.2 Å². The zero-order valence-electron chi connectivity index (χ0n) is 12.8. The highest BCUT2D eigenvalue weighted by Gasteiger charge is 2.25. The third-order valence-corrected chi connectivity index (χ3v) is 4.68. The van der Waals surface area contributed by atoms with Gasteiger partial charge < -0.3 is 5.32 Å². The van der Waals surface area contributed by atoms with Gasteiger partial charge in [-0.05, 0) is 50.8 Å². The van der Waals surface area contributed by atoms with Gasteiger partial charge in [-0.15, -0.1) is 0 Å². The fourth-order valence-electron chi connectivity index (χ4n) is 2.78. The Morgan fingerprint density at radius 1 is 1.40 bits per heavy atom. The Kier molecular flexibility index (Phi) is 5.67. The lowest BCUT2D eigenvalue weighted by Crippen LogP contribution is -2.41. The van der Waals surface area contributed by atoms with Crippen molar-refractivity contribution in [3.63, 3.8) is 0 Å². The molecule has 1 aromatic heterocycles. The summed E-state index contributed by atoms with van der Waals surface area (Å²) in [7, 11) is 0. The van der Waals surface area contributed by atoms with Gasteiger partial charge in [0.25, 0.3) is 0 Å². The minimum absolute atomic E-state index is 0.605. The molecule has 1 fully saturated rings. The second-order valence-electron chi connectivity index (χ2n) is 5.88. The van der Waals surface area contributed by atoms with Gasteiger partial charge in [0.1, 0.15) is 5.82 Å². The van der Waals surface area contributed by atoms with E-state index < -0.39 is 0 Å². The Bertz CT molecular complexity index is 436. The Morgan fingerprint density at radius 2 is 2.20 bits per heavy atom. The summed E-state index contributed by atoms with van der Waals surface area (Å²) in [4.78, 5) is 7.18. The Morgan fingerprint density at radius 3 is 2.95 bits per heavy atom. The van der Waals surface area contributed by atoms with Crippen molar-refractivity contribution in [3.05, 3.63) is 22.8 Å². The first kappa shape index (κ1) is 15.6. The van der Waals surface area contributed by atoms with Crippen LogP contribution in [0, 0.1) is 5.92 Å². The van der Waals surface area contributed by atoms with E-state index in [1.165, 1.54) is 12.8 Å². The highest BCUT2D eigenvalue weighted by atomic mass is 35.5. The van der Waals surface area contributed by atoms with Gasteiger partial charge in [-0.2, -0.15) is 0 Å². The van der Waals surface area contributed by atoms with Crippen LogP contribution >= 0.6 is 11.6 Å². The molecule has 0 bridgehead atoms. The fraction of sp³-hybridized carbons (Fsp3) is 0.688. The molecule has 1 aliphatic rings. The molecule has 112 valence electrons. The van der Waals surface area contributed by atoms with Gasteiger partial charge in [0.2, 0.25) is 0 Å². The second-order valence-corrected chi connectivity index (χ2v) is 6.29. The maximum absolute atomic E-state index is 6.32. The number of halogens is 1. The molecule has 2 rings (SSSR count). The predicted molar refractivity (Wildman–Crippen MR) is 86.3 cm³/mol. The maximum Gasteiger partial charge on any atom is 0.126 e. The number of nitrogens with zero attached hydrogens (tertiary/aromatic N) is 2. The number of pyridine rings is 1. The van der Waals surface area contributed by atoms with Crippen molar-refractivity contribution in [2.24, 2.45) is 5.92 Å². The molecular weight excluding hydrogens is 270 g/mol. The van der Waals surface area contributed by atoms with Crippen molar-refractivity contribution in [1.29, 1.82) is 0 Å².